The molecule has 2 aromatic heterocycles. The van der Waals surface area contributed by atoms with Gasteiger partial charge in [0, 0.05) is 19.1 Å². The molecule has 1 aliphatic heterocycles. The molecule has 2 aromatic rings. The molecule has 0 aromatic carbocycles. The molecular formula is C12H14N2O2S2. The lowest BCUT2D eigenvalue weighted by molar-refractivity contribution is 0.0478. The van der Waals surface area contributed by atoms with Crippen LogP contribution in [0.3, 0.4) is 0 Å². The molecule has 1 atom stereocenters. The molecule has 96 valence electrons. The monoisotopic (exact) mass is 282 g/mol. The van der Waals surface area contributed by atoms with Gasteiger partial charge in [0.1, 0.15) is 4.70 Å². The van der Waals surface area contributed by atoms with Crippen LogP contribution in [0.15, 0.2) is 16.2 Å². The van der Waals surface area contributed by atoms with Crippen molar-refractivity contribution < 1.29 is 4.74 Å². The van der Waals surface area contributed by atoms with Gasteiger partial charge >= 0.3 is 0 Å². The van der Waals surface area contributed by atoms with Gasteiger partial charge in [0.15, 0.2) is 4.77 Å². The summed E-state index contributed by atoms with van der Waals surface area (Å²) in [6, 6.07) is 1.89. The van der Waals surface area contributed by atoms with Gasteiger partial charge in [-0.2, -0.15) is 0 Å². The van der Waals surface area contributed by atoms with Crippen molar-refractivity contribution in [3.8, 4) is 0 Å². The van der Waals surface area contributed by atoms with E-state index in [2.05, 4.69) is 4.98 Å². The number of ether oxygens (including phenoxy) is 1. The molecule has 0 saturated carbocycles. The van der Waals surface area contributed by atoms with Crippen LogP contribution in [0.25, 0.3) is 10.2 Å². The van der Waals surface area contributed by atoms with Gasteiger partial charge in [0.25, 0.3) is 5.56 Å². The average molecular weight is 282 g/mol. The van der Waals surface area contributed by atoms with Gasteiger partial charge in [-0.05, 0) is 36.5 Å². The first-order chi connectivity index (χ1) is 8.75. The van der Waals surface area contributed by atoms with Crippen molar-refractivity contribution in [3.63, 3.8) is 0 Å². The minimum absolute atomic E-state index is 0.0225. The Labute approximate surface area is 113 Å². The fraction of sp³-hybridized carbons (Fsp3) is 0.500. The SMILES string of the molecule is O=c1c2sccc2[nH]c(=S)n1CC1CCCOC1. The summed E-state index contributed by atoms with van der Waals surface area (Å²) < 4.78 is 8.38. The number of hydrogen-bond acceptors (Lipinski definition) is 4. The number of rotatable bonds is 2. The molecule has 1 saturated heterocycles. The lowest BCUT2D eigenvalue weighted by atomic mass is 10.0. The second-order valence-electron chi connectivity index (χ2n) is 4.59. The van der Waals surface area contributed by atoms with E-state index in [9.17, 15) is 4.79 Å². The molecular weight excluding hydrogens is 268 g/mol. The highest BCUT2D eigenvalue weighted by atomic mass is 32.1. The summed E-state index contributed by atoms with van der Waals surface area (Å²) in [6.45, 7) is 2.22. The first-order valence-electron chi connectivity index (χ1n) is 6.04. The van der Waals surface area contributed by atoms with Crippen molar-refractivity contribution in [2.24, 2.45) is 5.92 Å². The molecule has 1 unspecified atom stereocenters. The molecule has 18 heavy (non-hydrogen) atoms. The maximum atomic E-state index is 12.3. The minimum atomic E-state index is 0.0225. The molecule has 0 amide bonds. The summed E-state index contributed by atoms with van der Waals surface area (Å²) in [6.07, 6.45) is 2.17. The van der Waals surface area contributed by atoms with Crippen molar-refractivity contribution in [3.05, 3.63) is 26.6 Å². The molecule has 4 nitrogen and oxygen atoms in total. The van der Waals surface area contributed by atoms with Gasteiger partial charge in [-0.3, -0.25) is 9.36 Å². The van der Waals surface area contributed by atoms with E-state index >= 15 is 0 Å². The van der Waals surface area contributed by atoms with Crippen molar-refractivity contribution in [2.75, 3.05) is 13.2 Å². The van der Waals surface area contributed by atoms with Crippen molar-refractivity contribution in [1.29, 1.82) is 0 Å². The van der Waals surface area contributed by atoms with Crippen LogP contribution in [0.2, 0.25) is 0 Å². The number of nitrogens with one attached hydrogen (secondary N) is 1. The zero-order valence-corrected chi connectivity index (χ0v) is 11.5. The predicted molar refractivity (Wildman–Crippen MR) is 74.8 cm³/mol. The van der Waals surface area contributed by atoms with Gasteiger partial charge in [0.05, 0.1) is 12.1 Å². The van der Waals surface area contributed by atoms with E-state index in [1.165, 1.54) is 11.3 Å². The fourth-order valence-electron chi connectivity index (χ4n) is 2.35. The van der Waals surface area contributed by atoms with Gasteiger partial charge in [-0.25, -0.2) is 0 Å². The summed E-state index contributed by atoms with van der Waals surface area (Å²) in [5.41, 5.74) is 0.862. The maximum Gasteiger partial charge on any atom is 0.272 e. The third kappa shape index (κ3) is 2.15. The molecule has 6 heteroatoms. The van der Waals surface area contributed by atoms with Crippen LogP contribution in [0.1, 0.15) is 12.8 Å². The zero-order chi connectivity index (χ0) is 12.5. The third-order valence-electron chi connectivity index (χ3n) is 3.29. The second-order valence-corrected chi connectivity index (χ2v) is 5.90. The molecule has 0 spiro atoms. The standard InChI is InChI=1S/C12H14N2O2S2/c15-11-10-9(3-5-18-10)13-12(17)14(11)6-8-2-1-4-16-7-8/h3,5,8H,1-2,4,6-7H2,(H,13,17). The van der Waals surface area contributed by atoms with Gasteiger partial charge in [-0.1, -0.05) is 0 Å². The van der Waals surface area contributed by atoms with Crippen LogP contribution in [-0.4, -0.2) is 22.8 Å². The smallest absolute Gasteiger partial charge is 0.272 e. The van der Waals surface area contributed by atoms with Crippen molar-refractivity contribution >= 4 is 33.8 Å². The summed E-state index contributed by atoms with van der Waals surface area (Å²) in [5.74, 6) is 0.393. The summed E-state index contributed by atoms with van der Waals surface area (Å²) >= 11 is 6.73. The minimum Gasteiger partial charge on any atom is -0.381 e. The van der Waals surface area contributed by atoms with Gasteiger partial charge < -0.3 is 9.72 Å². The quantitative estimate of drug-likeness (QED) is 0.861. The van der Waals surface area contributed by atoms with E-state index in [0.29, 0.717) is 17.2 Å². The highest BCUT2D eigenvalue weighted by Crippen LogP contribution is 2.17. The predicted octanol–water partition coefficient (Wildman–Crippen LogP) is 2.55. The molecule has 0 radical (unpaired) electrons. The van der Waals surface area contributed by atoms with Crippen LogP contribution in [0.4, 0.5) is 0 Å². The number of thiophene rings is 1. The van der Waals surface area contributed by atoms with E-state index in [1.807, 2.05) is 11.4 Å². The van der Waals surface area contributed by atoms with Crippen LogP contribution in [0, 0.1) is 10.7 Å². The Balaban J connectivity index is 2.00. The number of nitrogens with zero attached hydrogens (tertiary/aromatic N) is 1. The van der Waals surface area contributed by atoms with E-state index < -0.39 is 0 Å². The van der Waals surface area contributed by atoms with Crippen LogP contribution in [0.5, 0.6) is 0 Å². The van der Waals surface area contributed by atoms with E-state index in [0.717, 1.165) is 36.3 Å². The van der Waals surface area contributed by atoms with Gasteiger partial charge in [0.2, 0.25) is 0 Å². The molecule has 1 aliphatic rings. The number of aromatic amines is 1. The molecule has 1 N–H and O–H groups in total. The van der Waals surface area contributed by atoms with E-state index in [4.69, 9.17) is 17.0 Å². The van der Waals surface area contributed by atoms with E-state index in [1.54, 1.807) is 4.57 Å². The first-order valence-corrected chi connectivity index (χ1v) is 7.32. The number of hydrogen-bond donors (Lipinski definition) is 1. The molecule has 3 rings (SSSR count). The van der Waals surface area contributed by atoms with Crippen LogP contribution in [-0.2, 0) is 11.3 Å². The first kappa shape index (κ1) is 12.1. The Morgan fingerprint density at radius 3 is 3.28 bits per heavy atom. The summed E-state index contributed by atoms with van der Waals surface area (Å²) in [5, 5.41) is 1.91. The van der Waals surface area contributed by atoms with Crippen molar-refractivity contribution in [1.82, 2.24) is 9.55 Å². The summed E-state index contributed by atoms with van der Waals surface area (Å²) in [7, 11) is 0. The Morgan fingerprint density at radius 2 is 2.50 bits per heavy atom. The Hall–Kier alpha value is -0.980. The topological polar surface area (TPSA) is 47.0 Å². The molecule has 1 fully saturated rings. The highest BCUT2D eigenvalue weighted by molar-refractivity contribution is 7.71. The van der Waals surface area contributed by atoms with E-state index in [-0.39, 0.29) is 5.56 Å². The number of fused-ring (bicyclic) bond motifs is 1. The van der Waals surface area contributed by atoms with Gasteiger partial charge in [-0.15, -0.1) is 11.3 Å². The normalized spacial score (nSPS) is 20.3. The highest BCUT2D eigenvalue weighted by Gasteiger charge is 2.16. The Kier molecular flexibility index (Phi) is 3.32. The lowest BCUT2D eigenvalue weighted by Crippen LogP contribution is -2.29. The Morgan fingerprint density at radius 1 is 1.61 bits per heavy atom. The molecule has 0 bridgehead atoms. The summed E-state index contributed by atoms with van der Waals surface area (Å²) in [4.78, 5) is 15.4. The number of H-pyrrole nitrogens is 1. The lowest BCUT2D eigenvalue weighted by Gasteiger charge is -2.22. The zero-order valence-electron chi connectivity index (χ0n) is 9.85. The van der Waals surface area contributed by atoms with Crippen LogP contribution >= 0.6 is 23.6 Å². The number of aromatic nitrogens is 2. The van der Waals surface area contributed by atoms with Crippen LogP contribution < -0.4 is 5.56 Å². The average Bonchev–Trinajstić information content (AvgIpc) is 2.84. The maximum absolute atomic E-state index is 12.3. The fourth-order valence-corrected chi connectivity index (χ4v) is 3.41. The third-order valence-corrected chi connectivity index (χ3v) is 4.51. The largest absolute Gasteiger partial charge is 0.381 e. The molecule has 3 heterocycles. The Bertz CT molecular complexity index is 665. The van der Waals surface area contributed by atoms with Crippen molar-refractivity contribution in [2.45, 2.75) is 19.4 Å². The molecule has 0 aliphatic carbocycles. The second kappa shape index (κ2) is 4.95.